The molecule has 37 heavy (non-hydrogen) atoms. The van der Waals surface area contributed by atoms with Crippen LogP contribution in [0.1, 0.15) is 12.8 Å². The minimum Gasteiger partial charge on any atom is -0.367 e. The van der Waals surface area contributed by atoms with E-state index in [9.17, 15) is 26.4 Å². The molecule has 0 atom stereocenters. The Morgan fingerprint density at radius 1 is 1.00 bits per heavy atom. The Bertz CT molecular complexity index is 1560. The van der Waals surface area contributed by atoms with Crippen LogP contribution in [0, 0.1) is 0 Å². The predicted molar refractivity (Wildman–Crippen MR) is 133 cm³/mol. The van der Waals surface area contributed by atoms with Gasteiger partial charge in [0.25, 0.3) is 0 Å². The minimum atomic E-state index is -4.37. The van der Waals surface area contributed by atoms with Crippen LogP contribution in [0.4, 0.5) is 19.0 Å². The topological polar surface area (TPSA) is 112 Å². The second-order valence-corrected chi connectivity index (χ2v) is 11.5. The summed E-state index contributed by atoms with van der Waals surface area (Å²) in [7, 11) is -3.70. The van der Waals surface area contributed by atoms with E-state index in [4.69, 9.17) is 0 Å². The number of piperidine rings is 1. The van der Waals surface area contributed by atoms with Crippen LogP contribution in [0.25, 0.3) is 16.8 Å². The first-order valence-electron chi connectivity index (χ1n) is 11.2. The summed E-state index contributed by atoms with van der Waals surface area (Å²) >= 11 is -0.224. The van der Waals surface area contributed by atoms with Crippen molar-refractivity contribution in [3.05, 3.63) is 71.4 Å². The zero-order valence-corrected chi connectivity index (χ0v) is 20.8. The lowest BCUT2D eigenvalue weighted by Crippen LogP contribution is -2.42. The van der Waals surface area contributed by atoms with E-state index in [0.717, 1.165) is 17.3 Å². The summed E-state index contributed by atoms with van der Waals surface area (Å²) < 4.78 is 66.6. The lowest BCUT2D eigenvalue weighted by Gasteiger charge is -2.32. The first-order valence-corrected chi connectivity index (χ1v) is 13.5. The largest absolute Gasteiger partial charge is 0.446 e. The number of hydrogen-bond acceptors (Lipinski definition) is 7. The number of alkyl halides is 3. The summed E-state index contributed by atoms with van der Waals surface area (Å²) in [6.07, 6.45) is 3.85. The third-order valence-corrected chi connectivity index (χ3v) is 8.63. The van der Waals surface area contributed by atoms with Gasteiger partial charge < -0.3 is 5.32 Å². The van der Waals surface area contributed by atoms with Crippen LogP contribution in [-0.2, 0) is 10.0 Å². The standard InChI is InChI=1S/C23H21F3N6O3S2/c24-23(25,26)36-18-4-7-20(27-13-18)28-17-9-11-31(12-10-17)37(34,35)19-5-1-15(2-6-19)16-3-8-21-29-30-22(33)32(21)14-16/h1-8,13-14,17H,9-12H2,(H,27,28)(H,30,33). The van der Waals surface area contributed by atoms with E-state index in [1.165, 1.54) is 20.8 Å². The van der Waals surface area contributed by atoms with Gasteiger partial charge in [-0.05, 0) is 72.1 Å². The summed E-state index contributed by atoms with van der Waals surface area (Å²) in [4.78, 5) is 16.0. The highest BCUT2D eigenvalue weighted by molar-refractivity contribution is 8.00. The van der Waals surface area contributed by atoms with Crippen molar-refractivity contribution in [2.24, 2.45) is 0 Å². The Kier molecular flexibility index (Phi) is 6.72. The number of rotatable bonds is 6. The molecule has 5 rings (SSSR count). The number of aromatic nitrogens is 4. The SMILES string of the molecule is O=c1[nH]nc2ccc(-c3ccc(S(=O)(=O)N4CCC(Nc5ccc(SC(F)(F)F)cn5)CC4)cc3)cn12. The minimum absolute atomic E-state index is 0.000851. The van der Waals surface area contributed by atoms with Gasteiger partial charge in [0.1, 0.15) is 5.82 Å². The number of sulfonamides is 1. The highest BCUT2D eigenvalue weighted by Crippen LogP contribution is 2.36. The number of H-pyrrole nitrogens is 1. The van der Waals surface area contributed by atoms with Crippen LogP contribution in [0.3, 0.4) is 0 Å². The number of benzene rings is 1. The van der Waals surface area contributed by atoms with E-state index in [1.54, 1.807) is 42.6 Å². The van der Waals surface area contributed by atoms with Crippen LogP contribution in [-0.4, -0.2) is 56.9 Å². The van der Waals surface area contributed by atoms with Crippen molar-refractivity contribution in [2.45, 2.75) is 34.2 Å². The van der Waals surface area contributed by atoms with Gasteiger partial charge >= 0.3 is 11.2 Å². The molecule has 0 unspecified atom stereocenters. The van der Waals surface area contributed by atoms with Gasteiger partial charge in [-0.3, -0.25) is 0 Å². The third-order valence-electron chi connectivity index (χ3n) is 6.01. The fourth-order valence-corrected chi connectivity index (χ4v) is 6.13. The molecule has 1 aliphatic rings. The Morgan fingerprint density at radius 2 is 1.70 bits per heavy atom. The maximum atomic E-state index is 13.2. The predicted octanol–water partition coefficient (Wildman–Crippen LogP) is 3.96. The molecule has 0 amide bonds. The number of aromatic amines is 1. The van der Waals surface area contributed by atoms with Gasteiger partial charge in [0, 0.05) is 36.4 Å². The number of nitrogens with one attached hydrogen (secondary N) is 2. The second-order valence-electron chi connectivity index (χ2n) is 8.45. The Morgan fingerprint density at radius 3 is 2.35 bits per heavy atom. The molecule has 0 radical (unpaired) electrons. The van der Waals surface area contributed by atoms with Crippen molar-refractivity contribution < 1.29 is 21.6 Å². The summed E-state index contributed by atoms with van der Waals surface area (Å²) in [6.45, 7) is 0.591. The molecule has 4 heterocycles. The molecule has 3 aromatic heterocycles. The average Bonchev–Trinajstić information content (AvgIpc) is 3.25. The van der Waals surface area contributed by atoms with Crippen LogP contribution in [0.5, 0.6) is 0 Å². The second kappa shape index (κ2) is 9.84. The van der Waals surface area contributed by atoms with Gasteiger partial charge in [-0.2, -0.15) is 22.6 Å². The van der Waals surface area contributed by atoms with Crippen molar-refractivity contribution in [3.8, 4) is 11.1 Å². The van der Waals surface area contributed by atoms with E-state index in [-0.39, 0.29) is 33.3 Å². The molecular formula is C23H21F3N6O3S2. The van der Waals surface area contributed by atoms with Crippen molar-refractivity contribution in [3.63, 3.8) is 0 Å². The van der Waals surface area contributed by atoms with Crippen molar-refractivity contribution in [2.75, 3.05) is 18.4 Å². The molecular weight excluding hydrogens is 529 g/mol. The Balaban J connectivity index is 1.21. The molecule has 1 aromatic carbocycles. The number of thioether (sulfide) groups is 1. The van der Waals surface area contributed by atoms with E-state index in [0.29, 0.717) is 37.4 Å². The molecule has 0 aliphatic carbocycles. The fourth-order valence-electron chi connectivity index (χ4n) is 4.15. The van der Waals surface area contributed by atoms with Gasteiger partial charge in [0.15, 0.2) is 5.65 Å². The summed E-state index contributed by atoms with van der Waals surface area (Å²) in [6, 6.07) is 12.8. The van der Waals surface area contributed by atoms with Crippen LogP contribution < -0.4 is 11.0 Å². The summed E-state index contributed by atoms with van der Waals surface area (Å²) in [5, 5.41) is 9.43. The molecule has 9 nitrogen and oxygen atoms in total. The van der Waals surface area contributed by atoms with Crippen LogP contribution in [0.15, 0.2) is 75.5 Å². The number of nitrogens with zero attached hydrogens (tertiary/aromatic N) is 4. The van der Waals surface area contributed by atoms with Gasteiger partial charge in [0.2, 0.25) is 10.0 Å². The number of fused-ring (bicyclic) bond motifs is 1. The maximum absolute atomic E-state index is 13.2. The number of pyridine rings is 2. The van der Waals surface area contributed by atoms with Crippen molar-refractivity contribution >= 4 is 33.3 Å². The van der Waals surface area contributed by atoms with E-state index < -0.39 is 15.5 Å². The molecule has 14 heteroatoms. The Labute approximate surface area is 213 Å². The van der Waals surface area contributed by atoms with Crippen LogP contribution in [0.2, 0.25) is 0 Å². The highest BCUT2D eigenvalue weighted by atomic mass is 32.2. The van der Waals surface area contributed by atoms with E-state index in [2.05, 4.69) is 20.5 Å². The lowest BCUT2D eigenvalue weighted by atomic mass is 10.1. The highest BCUT2D eigenvalue weighted by Gasteiger charge is 2.30. The Hall–Kier alpha value is -3.36. The summed E-state index contributed by atoms with van der Waals surface area (Å²) in [5.74, 6) is 0.444. The lowest BCUT2D eigenvalue weighted by molar-refractivity contribution is -0.0328. The molecule has 0 saturated carbocycles. The molecule has 1 aliphatic heterocycles. The molecule has 194 valence electrons. The number of hydrogen-bond donors (Lipinski definition) is 2. The van der Waals surface area contributed by atoms with Gasteiger partial charge in [-0.25, -0.2) is 27.7 Å². The van der Waals surface area contributed by atoms with Gasteiger partial charge in [-0.1, -0.05) is 12.1 Å². The third kappa shape index (κ3) is 5.65. The van der Waals surface area contributed by atoms with E-state index in [1.807, 2.05) is 0 Å². The first-order chi connectivity index (χ1) is 17.6. The molecule has 1 fully saturated rings. The van der Waals surface area contributed by atoms with Crippen LogP contribution >= 0.6 is 11.8 Å². The summed E-state index contributed by atoms with van der Waals surface area (Å²) in [5.41, 5.74) is -2.75. The van der Waals surface area contributed by atoms with Crippen molar-refractivity contribution in [1.82, 2.24) is 23.9 Å². The van der Waals surface area contributed by atoms with E-state index >= 15 is 0 Å². The molecule has 2 N–H and O–H groups in total. The average molecular weight is 551 g/mol. The zero-order valence-electron chi connectivity index (χ0n) is 19.1. The normalized spacial score (nSPS) is 15.8. The van der Waals surface area contributed by atoms with Gasteiger partial charge in [-0.15, -0.1) is 0 Å². The molecule has 4 aromatic rings. The molecule has 0 bridgehead atoms. The maximum Gasteiger partial charge on any atom is 0.446 e. The fraction of sp³-hybridized carbons (Fsp3) is 0.261. The monoisotopic (exact) mass is 550 g/mol. The number of halogens is 3. The first kappa shape index (κ1) is 25.3. The molecule has 1 saturated heterocycles. The molecule has 0 spiro atoms. The van der Waals surface area contributed by atoms with Crippen molar-refractivity contribution in [1.29, 1.82) is 0 Å². The van der Waals surface area contributed by atoms with Gasteiger partial charge in [0.05, 0.1) is 4.90 Å². The zero-order chi connectivity index (χ0) is 26.2. The smallest absolute Gasteiger partial charge is 0.367 e. The quantitative estimate of drug-likeness (QED) is 0.350. The number of anilines is 1.